The van der Waals surface area contributed by atoms with E-state index in [1.54, 1.807) is 12.0 Å². The van der Waals surface area contributed by atoms with E-state index in [1.807, 2.05) is 36.4 Å². The predicted octanol–water partition coefficient (Wildman–Crippen LogP) is 4.63. The molecule has 1 saturated heterocycles. The minimum atomic E-state index is -0.147. The number of hydrogen-bond acceptors (Lipinski definition) is 4. The first-order valence-corrected chi connectivity index (χ1v) is 9.36. The number of benzene rings is 3. The number of methoxy groups -OCH3 is 1. The van der Waals surface area contributed by atoms with Crippen LogP contribution in [-0.4, -0.2) is 31.2 Å². The number of nitrogens with zero attached hydrogens (tertiary/aromatic N) is 2. The zero-order valence-corrected chi connectivity index (χ0v) is 15.8. The number of ether oxygens (including phenoxy) is 2. The standard InChI is InChI=1S/C24H22N2O2/c1-27-22-9-5-8-21(14-22)18-10-12-20(13-11-18)24(19-6-3-2-4-7-19)28-23-15-26(16-23)17-25/h2-14,23-24H,15-16H2,1H3. The summed E-state index contributed by atoms with van der Waals surface area (Å²) in [5.74, 6) is 0.846. The average Bonchev–Trinajstić information content (AvgIpc) is 2.74. The molecule has 0 aliphatic carbocycles. The summed E-state index contributed by atoms with van der Waals surface area (Å²) in [5.41, 5.74) is 4.47. The molecule has 1 heterocycles. The van der Waals surface area contributed by atoms with Gasteiger partial charge < -0.3 is 14.4 Å². The van der Waals surface area contributed by atoms with E-state index in [1.165, 1.54) is 0 Å². The molecule has 0 aromatic heterocycles. The summed E-state index contributed by atoms with van der Waals surface area (Å²) in [6, 6.07) is 26.7. The number of rotatable bonds is 6. The Labute approximate surface area is 165 Å². The average molecular weight is 370 g/mol. The zero-order chi connectivity index (χ0) is 19.3. The minimum absolute atomic E-state index is 0.0721. The van der Waals surface area contributed by atoms with Gasteiger partial charge in [0.2, 0.25) is 0 Å². The topological polar surface area (TPSA) is 45.5 Å². The lowest BCUT2D eigenvalue weighted by Crippen LogP contribution is -2.49. The van der Waals surface area contributed by atoms with Gasteiger partial charge in [0.15, 0.2) is 6.19 Å². The van der Waals surface area contributed by atoms with Crippen molar-refractivity contribution in [2.75, 3.05) is 20.2 Å². The van der Waals surface area contributed by atoms with Gasteiger partial charge in [-0.15, -0.1) is 0 Å². The van der Waals surface area contributed by atoms with Crippen molar-refractivity contribution in [3.63, 3.8) is 0 Å². The monoisotopic (exact) mass is 370 g/mol. The Bertz CT molecular complexity index is 958. The number of likely N-dealkylation sites (tertiary alicyclic amines) is 1. The number of hydrogen-bond donors (Lipinski definition) is 0. The molecule has 0 spiro atoms. The van der Waals surface area contributed by atoms with E-state index in [2.05, 4.69) is 48.7 Å². The molecule has 1 aliphatic heterocycles. The summed E-state index contributed by atoms with van der Waals surface area (Å²) in [7, 11) is 1.68. The summed E-state index contributed by atoms with van der Waals surface area (Å²) in [6.07, 6.45) is 2.09. The number of nitriles is 1. The highest BCUT2D eigenvalue weighted by molar-refractivity contribution is 5.65. The lowest BCUT2D eigenvalue weighted by Gasteiger charge is -2.37. The quantitative estimate of drug-likeness (QED) is 0.593. The fourth-order valence-corrected chi connectivity index (χ4v) is 3.43. The van der Waals surface area contributed by atoms with Crippen molar-refractivity contribution < 1.29 is 9.47 Å². The largest absolute Gasteiger partial charge is 0.497 e. The molecular weight excluding hydrogens is 348 g/mol. The highest BCUT2D eigenvalue weighted by Crippen LogP contribution is 2.31. The van der Waals surface area contributed by atoms with Crippen LogP contribution in [-0.2, 0) is 4.74 Å². The van der Waals surface area contributed by atoms with Crippen LogP contribution >= 0.6 is 0 Å². The van der Waals surface area contributed by atoms with Crippen molar-refractivity contribution in [3.05, 3.63) is 90.0 Å². The van der Waals surface area contributed by atoms with Crippen molar-refractivity contribution in [1.82, 2.24) is 4.90 Å². The Kier molecular flexibility index (Phi) is 5.27. The van der Waals surface area contributed by atoms with Gasteiger partial charge in [-0.3, -0.25) is 0 Å². The van der Waals surface area contributed by atoms with Crippen molar-refractivity contribution in [2.45, 2.75) is 12.2 Å². The second-order valence-electron chi connectivity index (χ2n) is 6.91. The van der Waals surface area contributed by atoms with Gasteiger partial charge in [-0.1, -0.05) is 66.7 Å². The van der Waals surface area contributed by atoms with E-state index in [-0.39, 0.29) is 12.2 Å². The SMILES string of the molecule is COc1cccc(-c2ccc(C(OC3CN(C#N)C3)c3ccccc3)cc2)c1. The third-order valence-corrected chi connectivity index (χ3v) is 5.04. The molecule has 0 N–H and O–H groups in total. The van der Waals surface area contributed by atoms with Crippen LogP contribution in [0.3, 0.4) is 0 Å². The molecule has 3 aromatic carbocycles. The molecule has 140 valence electrons. The Hall–Kier alpha value is -3.29. The van der Waals surface area contributed by atoms with Gasteiger partial charge in [0.05, 0.1) is 26.3 Å². The van der Waals surface area contributed by atoms with Gasteiger partial charge in [0.25, 0.3) is 0 Å². The molecule has 28 heavy (non-hydrogen) atoms. The Morgan fingerprint density at radius 1 is 0.893 bits per heavy atom. The second-order valence-corrected chi connectivity index (χ2v) is 6.91. The van der Waals surface area contributed by atoms with E-state index in [4.69, 9.17) is 14.7 Å². The maximum atomic E-state index is 8.96. The maximum Gasteiger partial charge on any atom is 0.179 e. The highest BCUT2D eigenvalue weighted by Gasteiger charge is 2.30. The molecule has 0 bridgehead atoms. The van der Waals surface area contributed by atoms with Gasteiger partial charge in [-0.05, 0) is 34.4 Å². The molecule has 4 nitrogen and oxygen atoms in total. The molecule has 1 unspecified atom stereocenters. The summed E-state index contributed by atoms with van der Waals surface area (Å²) in [6.45, 7) is 1.31. The Morgan fingerprint density at radius 3 is 2.29 bits per heavy atom. The van der Waals surface area contributed by atoms with Crippen molar-refractivity contribution in [3.8, 4) is 23.1 Å². The third-order valence-electron chi connectivity index (χ3n) is 5.04. The maximum absolute atomic E-state index is 8.96. The van der Waals surface area contributed by atoms with Crippen LogP contribution in [0.1, 0.15) is 17.2 Å². The van der Waals surface area contributed by atoms with Gasteiger partial charge >= 0.3 is 0 Å². The summed E-state index contributed by atoms with van der Waals surface area (Å²) in [4.78, 5) is 1.71. The lowest BCUT2D eigenvalue weighted by molar-refractivity contribution is -0.0615. The van der Waals surface area contributed by atoms with Crippen LogP contribution in [0.5, 0.6) is 5.75 Å². The van der Waals surface area contributed by atoms with Gasteiger partial charge in [0.1, 0.15) is 11.9 Å². The Balaban J connectivity index is 1.58. The summed E-state index contributed by atoms with van der Waals surface area (Å²) >= 11 is 0. The first-order valence-electron chi connectivity index (χ1n) is 9.36. The minimum Gasteiger partial charge on any atom is -0.497 e. The van der Waals surface area contributed by atoms with Gasteiger partial charge in [-0.25, -0.2) is 0 Å². The molecular formula is C24H22N2O2. The molecule has 0 amide bonds. The van der Waals surface area contributed by atoms with Gasteiger partial charge in [0, 0.05) is 0 Å². The summed E-state index contributed by atoms with van der Waals surface area (Å²) < 4.78 is 11.7. The predicted molar refractivity (Wildman–Crippen MR) is 109 cm³/mol. The van der Waals surface area contributed by atoms with Crippen LogP contribution in [0, 0.1) is 11.5 Å². The molecule has 4 heteroatoms. The van der Waals surface area contributed by atoms with Crippen LogP contribution in [0.15, 0.2) is 78.9 Å². The van der Waals surface area contributed by atoms with E-state index in [0.717, 1.165) is 28.0 Å². The molecule has 0 radical (unpaired) electrons. The van der Waals surface area contributed by atoms with Crippen molar-refractivity contribution in [1.29, 1.82) is 5.26 Å². The molecule has 0 saturated carbocycles. The van der Waals surface area contributed by atoms with Gasteiger partial charge in [-0.2, -0.15) is 5.26 Å². The van der Waals surface area contributed by atoms with E-state index in [9.17, 15) is 0 Å². The fraction of sp³-hybridized carbons (Fsp3) is 0.208. The molecule has 1 atom stereocenters. The van der Waals surface area contributed by atoms with E-state index >= 15 is 0 Å². The lowest BCUT2D eigenvalue weighted by atomic mass is 9.97. The third kappa shape index (κ3) is 3.85. The normalized spacial score (nSPS) is 14.8. The zero-order valence-electron chi connectivity index (χ0n) is 15.8. The Morgan fingerprint density at radius 2 is 1.61 bits per heavy atom. The smallest absolute Gasteiger partial charge is 0.179 e. The van der Waals surface area contributed by atoms with Crippen LogP contribution in [0.4, 0.5) is 0 Å². The van der Waals surface area contributed by atoms with Crippen LogP contribution in [0.2, 0.25) is 0 Å². The highest BCUT2D eigenvalue weighted by atomic mass is 16.5. The first kappa shape index (κ1) is 18.1. The molecule has 3 aromatic rings. The second kappa shape index (κ2) is 8.16. The molecule has 1 aliphatic rings. The molecule has 4 rings (SSSR count). The van der Waals surface area contributed by atoms with E-state index < -0.39 is 0 Å². The van der Waals surface area contributed by atoms with Crippen LogP contribution < -0.4 is 4.74 Å². The fourth-order valence-electron chi connectivity index (χ4n) is 3.43. The van der Waals surface area contributed by atoms with Crippen molar-refractivity contribution >= 4 is 0 Å². The van der Waals surface area contributed by atoms with E-state index in [0.29, 0.717) is 13.1 Å². The first-order chi connectivity index (χ1) is 13.8. The summed E-state index contributed by atoms with van der Waals surface area (Å²) in [5, 5.41) is 8.96. The van der Waals surface area contributed by atoms with Crippen LogP contribution in [0.25, 0.3) is 11.1 Å². The van der Waals surface area contributed by atoms with Crippen molar-refractivity contribution in [2.24, 2.45) is 0 Å². The molecule has 1 fully saturated rings.